The van der Waals surface area contributed by atoms with Crippen LogP contribution in [0.3, 0.4) is 0 Å². The Hall–Kier alpha value is -1.17. The molecule has 0 aliphatic carbocycles. The van der Waals surface area contributed by atoms with E-state index < -0.39 is 11.2 Å². The average molecular weight is 272 g/mol. The molecule has 2 N–H and O–H groups in total. The van der Waals surface area contributed by atoms with E-state index in [-0.39, 0.29) is 23.4 Å². The highest BCUT2D eigenvalue weighted by Crippen LogP contribution is 2.24. The Morgan fingerprint density at radius 1 is 1.33 bits per heavy atom. The van der Waals surface area contributed by atoms with Crippen LogP contribution in [0.4, 0.5) is 0 Å². The molecule has 0 fully saturated rings. The van der Waals surface area contributed by atoms with Crippen LogP contribution < -0.4 is 11.2 Å². The number of aromatic amines is 1. The molecule has 0 aromatic carbocycles. The number of aromatic hydroxyl groups is 1. The fraction of sp³-hybridized carbons (Fsp3) is 0.667. The van der Waals surface area contributed by atoms with Gasteiger partial charge in [0.05, 0.1) is 5.56 Å². The fourth-order valence-electron chi connectivity index (χ4n) is 1.90. The van der Waals surface area contributed by atoms with Crippen LogP contribution in [-0.2, 0) is 0 Å². The van der Waals surface area contributed by atoms with Crippen molar-refractivity contribution in [1.82, 2.24) is 9.55 Å². The van der Waals surface area contributed by atoms with Gasteiger partial charge in [-0.3, -0.25) is 14.3 Å². The zero-order valence-electron chi connectivity index (χ0n) is 11.2. The van der Waals surface area contributed by atoms with Crippen molar-refractivity contribution >= 4 is 11.8 Å². The zero-order valence-corrected chi connectivity index (χ0v) is 12.0. The quantitative estimate of drug-likeness (QED) is 0.855. The van der Waals surface area contributed by atoms with Gasteiger partial charge in [-0.1, -0.05) is 13.8 Å². The summed E-state index contributed by atoms with van der Waals surface area (Å²) < 4.78 is 1.27. The summed E-state index contributed by atoms with van der Waals surface area (Å²) >= 11 is 1.68. The molecule has 5 nitrogen and oxygen atoms in total. The number of rotatable bonds is 5. The molecule has 18 heavy (non-hydrogen) atoms. The highest BCUT2D eigenvalue weighted by Gasteiger charge is 2.19. The Morgan fingerprint density at radius 3 is 2.44 bits per heavy atom. The second kappa shape index (κ2) is 6.13. The minimum Gasteiger partial charge on any atom is -0.494 e. The van der Waals surface area contributed by atoms with Crippen molar-refractivity contribution in [3.8, 4) is 5.88 Å². The van der Waals surface area contributed by atoms with Crippen LogP contribution in [-0.4, -0.2) is 26.7 Å². The van der Waals surface area contributed by atoms with E-state index in [9.17, 15) is 14.7 Å². The van der Waals surface area contributed by atoms with Crippen LogP contribution in [0.1, 0.15) is 44.7 Å². The van der Waals surface area contributed by atoms with E-state index in [1.165, 1.54) is 4.57 Å². The van der Waals surface area contributed by atoms with Gasteiger partial charge in [0.1, 0.15) is 0 Å². The minimum absolute atomic E-state index is 0.131. The maximum absolute atomic E-state index is 11.8. The molecule has 102 valence electrons. The lowest BCUT2D eigenvalue weighted by Crippen LogP contribution is -2.34. The van der Waals surface area contributed by atoms with E-state index in [2.05, 4.69) is 4.98 Å². The summed E-state index contributed by atoms with van der Waals surface area (Å²) in [4.78, 5) is 25.7. The molecule has 0 spiro atoms. The van der Waals surface area contributed by atoms with E-state index in [0.717, 1.165) is 12.2 Å². The van der Waals surface area contributed by atoms with Crippen molar-refractivity contribution in [3.05, 3.63) is 26.4 Å². The molecule has 0 saturated carbocycles. The van der Waals surface area contributed by atoms with Crippen LogP contribution in [0.2, 0.25) is 0 Å². The van der Waals surface area contributed by atoms with Crippen LogP contribution >= 0.6 is 11.8 Å². The van der Waals surface area contributed by atoms with Crippen LogP contribution in [0.25, 0.3) is 0 Å². The maximum Gasteiger partial charge on any atom is 0.331 e. The smallest absolute Gasteiger partial charge is 0.331 e. The van der Waals surface area contributed by atoms with Gasteiger partial charge in [-0.05, 0) is 31.3 Å². The van der Waals surface area contributed by atoms with E-state index in [4.69, 9.17) is 0 Å². The first-order chi connectivity index (χ1) is 8.40. The number of aromatic nitrogens is 2. The van der Waals surface area contributed by atoms with Crippen LogP contribution in [0.15, 0.2) is 9.59 Å². The van der Waals surface area contributed by atoms with Gasteiger partial charge in [0.25, 0.3) is 5.56 Å². The van der Waals surface area contributed by atoms with Crippen molar-refractivity contribution < 1.29 is 5.11 Å². The van der Waals surface area contributed by atoms with E-state index in [1.807, 2.05) is 27.0 Å². The normalized spacial score (nSPS) is 12.9. The van der Waals surface area contributed by atoms with Gasteiger partial charge >= 0.3 is 5.69 Å². The number of hydrogen-bond acceptors (Lipinski definition) is 4. The molecular weight excluding hydrogens is 252 g/mol. The number of thioether (sulfide) groups is 1. The topological polar surface area (TPSA) is 75.1 Å². The molecule has 0 aliphatic heterocycles. The summed E-state index contributed by atoms with van der Waals surface area (Å²) in [7, 11) is 0. The van der Waals surface area contributed by atoms with Gasteiger partial charge in [-0.15, -0.1) is 0 Å². The van der Waals surface area contributed by atoms with Crippen molar-refractivity contribution in [2.24, 2.45) is 0 Å². The lowest BCUT2D eigenvalue weighted by Gasteiger charge is -2.18. The molecule has 1 unspecified atom stereocenters. The van der Waals surface area contributed by atoms with Gasteiger partial charge in [-0.2, -0.15) is 11.8 Å². The molecule has 1 rings (SSSR count). The number of nitrogens with zero attached hydrogens (tertiary/aromatic N) is 1. The Bertz CT molecular complexity index is 519. The van der Waals surface area contributed by atoms with Crippen LogP contribution in [0.5, 0.6) is 5.88 Å². The van der Waals surface area contributed by atoms with Crippen molar-refractivity contribution in [2.45, 2.75) is 39.2 Å². The van der Waals surface area contributed by atoms with E-state index in [0.29, 0.717) is 0 Å². The lowest BCUT2D eigenvalue weighted by atomic mass is 10.1. The standard InChI is InChI=1S/C12H20N2O3S/c1-7(2)9-10(15)13-12(17)14(11(9)16)8(3)5-6-18-4/h7-8,16H,5-6H2,1-4H3,(H,13,15,17). The summed E-state index contributed by atoms with van der Waals surface area (Å²) in [5, 5.41) is 10.1. The Balaban J connectivity index is 3.32. The Morgan fingerprint density at radius 2 is 1.94 bits per heavy atom. The van der Waals surface area contributed by atoms with Gasteiger partial charge in [-0.25, -0.2) is 4.79 Å². The number of hydrogen-bond donors (Lipinski definition) is 2. The summed E-state index contributed by atoms with van der Waals surface area (Å²) in [6.45, 7) is 5.48. The molecule has 1 aromatic rings. The second-order valence-corrected chi connectivity index (χ2v) is 5.64. The predicted octanol–water partition coefficient (Wildman–Crippen LogP) is 1.68. The fourth-order valence-corrected chi connectivity index (χ4v) is 2.48. The number of nitrogens with one attached hydrogen (secondary N) is 1. The van der Waals surface area contributed by atoms with E-state index >= 15 is 0 Å². The van der Waals surface area contributed by atoms with Crippen molar-refractivity contribution in [2.75, 3.05) is 12.0 Å². The first-order valence-electron chi connectivity index (χ1n) is 5.96. The monoisotopic (exact) mass is 272 g/mol. The van der Waals surface area contributed by atoms with Crippen molar-refractivity contribution in [1.29, 1.82) is 0 Å². The molecule has 1 atom stereocenters. The van der Waals surface area contributed by atoms with E-state index in [1.54, 1.807) is 11.8 Å². The third kappa shape index (κ3) is 2.98. The molecule has 0 saturated heterocycles. The Kier molecular flexibility index (Phi) is 5.07. The third-order valence-electron chi connectivity index (χ3n) is 2.91. The summed E-state index contributed by atoms with van der Waals surface area (Å²) in [5.41, 5.74) is -0.776. The molecule has 0 bridgehead atoms. The SMILES string of the molecule is CSCCC(C)n1c(O)c(C(C)C)c(=O)[nH]c1=O. The highest BCUT2D eigenvalue weighted by molar-refractivity contribution is 7.98. The first kappa shape index (κ1) is 14.9. The molecule has 0 amide bonds. The second-order valence-electron chi connectivity index (χ2n) is 4.65. The molecule has 6 heteroatoms. The van der Waals surface area contributed by atoms with Gasteiger partial charge < -0.3 is 5.11 Å². The van der Waals surface area contributed by atoms with Gasteiger partial charge in [0, 0.05) is 6.04 Å². The molecule has 0 radical (unpaired) electrons. The predicted molar refractivity (Wildman–Crippen MR) is 74.8 cm³/mol. The summed E-state index contributed by atoms with van der Waals surface area (Å²) in [6.07, 6.45) is 2.75. The third-order valence-corrected chi connectivity index (χ3v) is 3.55. The van der Waals surface area contributed by atoms with Gasteiger partial charge in [0.15, 0.2) is 0 Å². The summed E-state index contributed by atoms with van der Waals surface area (Å²) in [5.74, 6) is 0.559. The molecule has 1 aromatic heterocycles. The average Bonchev–Trinajstić information content (AvgIpc) is 2.24. The first-order valence-corrected chi connectivity index (χ1v) is 7.36. The molecule has 1 heterocycles. The number of H-pyrrole nitrogens is 1. The molecule has 0 aliphatic rings. The van der Waals surface area contributed by atoms with Crippen molar-refractivity contribution in [3.63, 3.8) is 0 Å². The Labute approximate surface area is 110 Å². The van der Waals surface area contributed by atoms with Crippen LogP contribution in [0, 0.1) is 0 Å². The summed E-state index contributed by atoms with van der Waals surface area (Å²) in [6, 6.07) is -0.140. The molecular formula is C12H20N2O3S. The lowest BCUT2D eigenvalue weighted by molar-refractivity contribution is 0.359. The maximum atomic E-state index is 11.8. The zero-order chi connectivity index (χ0) is 13.9. The van der Waals surface area contributed by atoms with Gasteiger partial charge in [0.2, 0.25) is 5.88 Å². The highest BCUT2D eigenvalue weighted by atomic mass is 32.2. The largest absolute Gasteiger partial charge is 0.494 e. The minimum atomic E-state index is -0.546.